The molecule has 1 aliphatic rings. The lowest BCUT2D eigenvalue weighted by molar-refractivity contribution is -0.0453. The van der Waals surface area contributed by atoms with Gasteiger partial charge in [-0.1, -0.05) is 0 Å². The predicted molar refractivity (Wildman–Crippen MR) is 87.5 cm³/mol. The largest absolute Gasteiger partial charge is 0.470 e. The lowest BCUT2D eigenvalue weighted by Gasteiger charge is -2.18. The molecule has 13 heteroatoms. The molecule has 3 rings (SSSR count). The summed E-state index contributed by atoms with van der Waals surface area (Å²) >= 11 is 1.98. The highest BCUT2D eigenvalue weighted by Gasteiger charge is 2.49. The van der Waals surface area contributed by atoms with Crippen LogP contribution in [0, 0.1) is 3.57 Å². The Bertz CT molecular complexity index is 815. The van der Waals surface area contributed by atoms with E-state index in [-0.39, 0.29) is 5.82 Å². The molecule has 24 heavy (non-hydrogen) atoms. The van der Waals surface area contributed by atoms with E-state index in [1.54, 1.807) is 0 Å². The Hall–Kier alpha value is -0.890. The molecule has 0 unspecified atom stereocenters. The van der Waals surface area contributed by atoms with Crippen molar-refractivity contribution in [2.45, 2.75) is 24.6 Å². The summed E-state index contributed by atoms with van der Waals surface area (Å²) in [5.74, 6) is 0.207. The van der Waals surface area contributed by atoms with Crippen LogP contribution in [0.15, 0.2) is 12.5 Å². The van der Waals surface area contributed by atoms with E-state index in [0.717, 1.165) is 0 Å². The second kappa shape index (κ2) is 6.44. The molecule has 1 saturated heterocycles. The molecule has 0 spiro atoms. The number of aliphatic hydroxyl groups excluding tert-OH is 1. The van der Waals surface area contributed by atoms with Crippen molar-refractivity contribution in [3.05, 3.63) is 16.1 Å². The number of alkyl halides is 1. The van der Waals surface area contributed by atoms with Gasteiger partial charge in [0.25, 0.3) is 0 Å². The number of phosphoric ester groups is 1. The van der Waals surface area contributed by atoms with Crippen LogP contribution < -0.4 is 5.73 Å². The first kappa shape index (κ1) is 17.9. The van der Waals surface area contributed by atoms with Gasteiger partial charge in [0.05, 0.1) is 12.0 Å². The average molecular weight is 474 g/mol. The summed E-state index contributed by atoms with van der Waals surface area (Å²) in [6.07, 6.45) is -3.38. The van der Waals surface area contributed by atoms with Gasteiger partial charge < -0.3 is 29.9 Å². The van der Waals surface area contributed by atoms with Gasteiger partial charge >= 0.3 is 7.82 Å². The van der Waals surface area contributed by atoms with Gasteiger partial charge in [0, 0.05) is 9.77 Å². The summed E-state index contributed by atoms with van der Waals surface area (Å²) in [7, 11) is -4.96. The van der Waals surface area contributed by atoms with E-state index in [4.69, 9.17) is 20.3 Å². The third-order valence-electron chi connectivity index (χ3n) is 3.57. The van der Waals surface area contributed by atoms with Gasteiger partial charge in [0.2, 0.25) is 0 Å². The van der Waals surface area contributed by atoms with Crippen LogP contribution in [0.1, 0.15) is 6.23 Å². The normalized spacial score (nSPS) is 27.9. The number of aromatic nitrogens is 3. The predicted octanol–water partition coefficient (Wildman–Crippen LogP) is 0.324. The summed E-state index contributed by atoms with van der Waals surface area (Å²) in [6.45, 7) is -0.672. The maximum absolute atomic E-state index is 14.7. The van der Waals surface area contributed by atoms with Gasteiger partial charge in [0.15, 0.2) is 12.4 Å². The SMILES string of the molecule is Nc1ncnc2c1c(I)cn2[C@@H]1O[C@H](CO)[C@@H](OP(=O)(O)O)[C@@H]1F. The average Bonchev–Trinajstić information content (AvgIpc) is 2.97. The molecule has 0 amide bonds. The minimum atomic E-state index is -4.96. The lowest BCUT2D eigenvalue weighted by atomic mass is 10.1. The van der Waals surface area contributed by atoms with Crippen molar-refractivity contribution >= 4 is 47.3 Å². The van der Waals surface area contributed by atoms with Crippen molar-refractivity contribution in [3.63, 3.8) is 0 Å². The maximum Gasteiger partial charge on any atom is 0.470 e. The Balaban J connectivity index is 2.02. The van der Waals surface area contributed by atoms with Crippen molar-refractivity contribution in [2.75, 3.05) is 12.3 Å². The van der Waals surface area contributed by atoms with Crippen LogP contribution in [-0.4, -0.2) is 54.4 Å². The van der Waals surface area contributed by atoms with Crippen LogP contribution in [-0.2, 0) is 13.8 Å². The molecule has 0 radical (unpaired) electrons. The van der Waals surface area contributed by atoms with E-state index in [1.807, 2.05) is 22.6 Å². The summed E-state index contributed by atoms with van der Waals surface area (Å²) < 4.78 is 37.6. The number of nitrogen functional groups attached to an aromatic ring is 1. The second-order valence-electron chi connectivity index (χ2n) is 5.09. The number of ether oxygens (including phenoxy) is 1. The van der Waals surface area contributed by atoms with E-state index in [2.05, 4.69) is 14.5 Å². The third kappa shape index (κ3) is 3.14. The zero-order valence-corrected chi connectivity index (χ0v) is 14.9. The van der Waals surface area contributed by atoms with Gasteiger partial charge in [-0.05, 0) is 22.6 Å². The Morgan fingerprint density at radius 2 is 2.21 bits per heavy atom. The summed E-state index contributed by atoms with van der Waals surface area (Å²) in [6, 6.07) is 0. The van der Waals surface area contributed by atoms with Crippen LogP contribution in [0.5, 0.6) is 0 Å². The minimum absolute atomic E-state index is 0.207. The van der Waals surface area contributed by atoms with E-state index < -0.39 is 39.0 Å². The molecular formula is C11H13FIN4O6P. The van der Waals surface area contributed by atoms with Crippen molar-refractivity contribution < 1.29 is 33.1 Å². The zero-order chi connectivity index (χ0) is 17.6. The first-order valence-corrected chi connectivity index (χ1v) is 9.24. The van der Waals surface area contributed by atoms with Crippen molar-refractivity contribution in [1.29, 1.82) is 0 Å². The number of nitrogens with zero attached hydrogens (tertiary/aromatic N) is 3. The molecule has 1 aliphatic heterocycles. The fourth-order valence-corrected chi connectivity index (χ4v) is 3.99. The first-order valence-electron chi connectivity index (χ1n) is 6.63. The zero-order valence-electron chi connectivity index (χ0n) is 11.9. The molecule has 4 atom stereocenters. The molecule has 0 saturated carbocycles. The smallest absolute Gasteiger partial charge is 0.394 e. The van der Waals surface area contributed by atoms with Crippen LogP contribution in [0.4, 0.5) is 10.2 Å². The van der Waals surface area contributed by atoms with Crippen molar-refractivity contribution in [1.82, 2.24) is 14.5 Å². The molecule has 0 aromatic carbocycles. The molecule has 1 fully saturated rings. The number of hydrogen-bond donors (Lipinski definition) is 4. The highest BCUT2D eigenvalue weighted by atomic mass is 127. The van der Waals surface area contributed by atoms with Crippen LogP contribution in [0.2, 0.25) is 0 Å². The number of nitrogens with two attached hydrogens (primary N) is 1. The number of anilines is 1. The van der Waals surface area contributed by atoms with Gasteiger partial charge in [-0.15, -0.1) is 0 Å². The Morgan fingerprint density at radius 1 is 1.50 bits per heavy atom. The van der Waals surface area contributed by atoms with Crippen molar-refractivity contribution in [3.8, 4) is 0 Å². The number of phosphoric acid groups is 1. The van der Waals surface area contributed by atoms with E-state index in [9.17, 15) is 14.1 Å². The molecule has 5 N–H and O–H groups in total. The Morgan fingerprint density at radius 3 is 2.83 bits per heavy atom. The van der Waals surface area contributed by atoms with Gasteiger partial charge in [-0.2, -0.15) is 0 Å². The van der Waals surface area contributed by atoms with Crippen LogP contribution in [0.25, 0.3) is 11.0 Å². The maximum atomic E-state index is 14.7. The van der Waals surface area contributed by atoms with E-state index >= 15 is 0 Å². The molecule has 2 aromatic rings. The minimum Gasteiger partial charge on any atom is -0.394 e. The fraction of sp³-hybridized carbons (Fsp3) is 0.455. The second-order valence-corrected chi connectivity index (χ2v) is 7.45. The third-order valence-corrected chi connectivity index (χ3v) is 4.91. The van der Waals surface area contributed by atoms with Gasteiger partial charge in [-0.25, -0.2) is 18.9 Å². The standard InChI is InChI=1S/C11H13FIN4O6P/c12-7-8(23-24(19,20)21)5(2-18)22-11(7)17-1-4(13)6-9(14)15-3-16-10(6)17/h1,3,5,7-8,11,18H,2H2,(H2,14,15,16)(H2,19,20,21)/t5-,7+,8-,11-/m1/s1. The molecule has 10 nitrogen and oxygen atoms in total. The molecule has 2 aromatic heterocycles. The lowest BCUT2D eigenvalue weighted by Crippen LogP contribution is -2.33. The van der Waals surface area contributed by atoms with E-state index in [1.165, 1.54) is 17.1 Å². The van der Waals surface area contributed by atoms with Gasteiger partial charge in [0.1, 0.15) is 30.0 Å². The summed E-state index contributed by atoms with van der Waals surface area (Å²) in [5, 5.41) is 9.81. The first-order chi connectivity index (χ1) is 11.2. The molecule has 0 aliphatic carbocycles. The summed E-state index contributed by atoms with van der Waals surface area (Å²) in [5.41, 5.74) is 6.10. The molecule has 0 bridgehead atoms. The van der Waals surface area contributed by atoms with Crippen molar-refractivity contribution in [2.24, 2.45) is 0 Å². The number of halogens is 2. The highest BCUT2D eigenvalue weighted by Crippen LogP contribution is 2.45. The molecule has 132 valence electrons. The van der Waals surface area contributed by atoms with E-state index in [0.29, 0.717) is 14.6 Å². The number of rotatable bonds is 4. The fourth-order valence-electron chi connectivity index (χ4n) is 2.61. The molecular weight excluding hydrogens is 461 g/mol. The highest BCUT2D eigenvalue weighted by molar-refractivity contribution is 14.1. The van der Waals surface area contributed by atoms with Crippen LogP contribution in [0.3, 0.4) is 0 Å². The Labute approximate surface area is 148 Å². The number of hydrogen-bond acceptors (Lipinski definition) is 7. The van der Waals surface area contributed by atoms with Crippen LogP contribution >= 0.6 is 30.4 Å². The number of fused-ring (bicyclic) bond motifs is 1. The van der Waals surface area contributed by atoms with Gasteiger partial charge in [-0.3, -0.25) is 4.52 Å². The Kier molecular flexibility index (Phi) is 4.81. The quantitative estimate of drug-likeness (QED) is 0.363. The number of aliphatic hydroxyl groups is 1. The molecule has 3 heterocycles. The topological polar surface area (TPSA) is 153 Å². The summed E-state index contributed by atoms with van der Waals surface area (Å²) in [4.78, 5) is 25.8. The monoisotopic (exact) mass is 474 g/mol.